The summed E-state index contributed by atoms with van der Waals surface area (Å²) in [4.78, 5) is 31.9. The SMILES string of the molecule is CC[C@@]1(C(=O)OOc2cc(F)c(F)c(F)c2)CCCn2c(-c3ccc(-n4cnc(C)c4)c(OC)n3)nnc21. The van der Waals surface area contributed by atoms with E-state index in [1.165, 1.54) is 7.11 Å². The van der Waals surface area contributed by atoms with Gasteiger partial charge in [0, 0.05) is 24.9 Å². The molecule has 1 aliphatic heterocycles. The van der Waals surface area contributed by atoms with Gasteiger partial charge in [-0.05, 0) is 38.3 Å². The van der Waals surface area contributed by atoms with E-state index in [-0.39, 0.29) is 6.42 Å². The zero-order valence-electron chi connectivity index (χ0n) is 20.7. The van der Waals surface area contributed by atoms with Crippen molar-refractivity contribution in [2.45, 2.75) is 45.1 Å². The fourth-order valence-electron chi connectivity index (χ4n) is 4.59. The second-order valence-corrected chi connectivity index (χ2v) is 8.84. The largest absolute Gasteiger partial charge is 0.479 e. The number of hydrogen-bond acceptors (Lipinski definition) is 8. The minimum absolute atomic E-state index is 0.287. The molecule has 0 radical (unpaired) electrons. The molecule has 0 saturated carbocycles. The van der Waals surface area contributed by atoms with Crippen molar-refractivity contribution in [1.82, 2.24) is 29.3 Å². The van der Waals surface area contributed by atoms with Crippen LogP contribution in [-0.2, 0) is 21.6 Å². The second kappa shape index (κ2) is 9.80. The summed E-state index contributed by atoms with van der Waals surface area (Å²) in [5, 5.41) is 8.62. The van der Waals surface area contributed by atoms with E-state index in [0.29, 0.717) is 60.4 Å². The lowest BCUT2D eigenvalue weighted by atomic mass is 9.77. The number of halogens is 3. The van der Waals surface area contributed by atoms with Crippen LogP contribution < -0.4 is 9.62 Å². The van der Waals surface area contributed by atoms with Crippen LogP contribution in [0.2, 0.25) is 0 Å². The number of benzene rings is 1. The van der Waals surface area contributed by atoms with E-state index in [9.17, 15) is 18.0 Å². The van der Waals surface area contributed by atoms with Gasteiger partial charge in [-0.15, -0.1) is 10.2 Å². The maximum Gasteiger partial charge on any atom is 0.369 e. The first-order valence-electron chi connectivity index (χ1n) is 11.8. The molecule has 0 fully saturated rings. The van der Waals surface area contributed by atoms with Crippen LogP contribution in [0.3, 0.4) is 0 Å². The number of nitrogens with zero attached hydrogens (tertiary/aromatic N) is 6. The molecule has 0 unspecified atom stereocenters. The molecular weight excluding hydrogens is 505 g/mol. The molecular formula is C25H23F3N6O4. The molecule has 1 atom stereocenters. The smallest absolute Gasteiger partial charge is 0.369 e. The Morgan fingerprint density at radius 2 is 1.92 bits per heavy atom. The van der Waals surface area contributed by atoms with E-state index in [2.05, 4.69) is 20.2 Å². The van der Waals surface area contributed by atoms with Crippen molar-refractivity contribution in [1.29, 1.82) is 0 Å². The standard InChI is InChI=1S/C25H23F3N6O4/c1-4-25(24(35)38-37-15-10-16(26)20(28)17(27)11-15)8-5-9-34-21(31-32-23(25)34)18-6-7-19(22(30-18)36-3)33-12-14(2)29-13-33/h6-7,10-13H,4-5,8-9H2,1-3H3/t25-/m1/s1. The molecule has 1 aliphatic rings. The third-order valence-corrected chi connectivity index (χ3v) is 6.58. The number of methoxy groups -OCH3 is 1. The van der Waals surface area contributed by atoms with Gasteiger partial charge in [0.1, 0.15) is 16.8 Å². The molecule has 198 valence electrons. The topological polar surface area (TPSA) is 106 Å². The van der Waals surface area contributed by atoms with Crippen molar-refractivity contribution in [2.75, 3.05) is 7.11 Å². The molecule has 0 saturated heterocycles. The Hall–Kier alpha value is -4.42. The van der Waals surface area contributed by atoms with Crippen molar-refractivity contribution >= 4 is 5.97 Å². The fourth-order valence-corrected chi connectivity index (χ4v) is 4.59. The van der Waals surface area contributed by atoms with Crippen LogP contribution in [0, 0.1) is 24.4 Å². The molecule has 0 amide bonds. The molecule has 0 bridgehead atoms. The highest BCUT2D eigenvalue weighted by molar-refractivity contribution is 5.82. The molecule has 4 heterocycles. The number of aromatic nitrogens is 6. The Labute approximate surface area is 214 Å². The van der Waals surface area contributed by atoms with Gasteiger partial charge < -0.3 is 13.9 Å². The second-order valence-electron chi connectivity index (χ2n) is 8.84. The average Bonchev–Trinajstić information content (AvgIpc) is 3.56. The molecule has 5 rings (SSSR count). The van der Waals surface area contributed by atoms with E-state index in [1.807, 2.05) is 19.2 Å². The van der Waals surface area contributed by atoms with Crippen LogP contribution >= 0.6 is 0 Å². The lowest BCUT2D eigenvalue weighted by Gasteiger charge is -2.32. The molecule has 0 N–H and O–H groups in total. The van der Waals surface area contributed by atoms with Crippen molar-refractivity contribution in [3.63, 3.8) is 0 Å². The number of aryl methyl sites for hydroxylation is 1. The van der Waals surface area contributed by atoms with Gasteiger partial charge in [-0.25, -0.2) is 32.8 Å². The Morgan fingerprint density at radius 3 is 2.58 bits per heavy atom. The quantitative estimate of drug-likeness (QED) is 0.199. The molecule has 0 spiro atoms. The van der Waals surface area contributed by atoms with Crippen LogP contribution in [0.5, 0.6) is 11.6 Å². The minimum Gasteiger partial charge on any atom is -0.479 e. The summed E-state index contributed by atoms with van der Waals surface area (Å²) in [6.45, 7) is 4.18. The Balaban J connectivity index is 1.45. The van der Waals surface area contributed by atoms with Gasteiger partial charge in [-0.3, -0.25) is 4.89 Å². The average molecular weight is 528 g/mol. The van der Waals surface area contributed by atoms with Gasteiger partial charge in [0.05, 0.1) is 19.1 Å². The molecule has 3 aromatic heterocycles. The van der Waals surface area contributed by atoms with Crippen molar-refractivity contribution < 1.29 is 32.5 Å². The van der Waals surface area contributed by atoms with E-state index in [0.717, 1.165) is 5.69 Å². The normalized spacial score (nSPS) is 16.7. The summed E-state index contributed by atoms with van der Waals surface area (Å²) in [6, 6.07) is 4.76. The number of imidazole rings is 1. The highest BCUT2D eigenvalue weighted by atomic mass is 19.2. The van der Waals surface area contributed by atoms with Crippen molar-refractivity contribution in [3.8, 4) is 28.8 Å². The third-order valence-electron chi connectivity index (χ3n) is 6.58. The van der Waals surface area contributed by atoms with Gasteiger partial charge in [0.25, 0.3) is 0 Å². The summed E-state index contributed by atoms with van der Waals surface area (Å²) in [7, 11) is 1.51. The van der Waals surface area contributed by atoms with E-state index in [1.54, 1.807) is 28.5 Å². The number of carbonyl (C=O) groups excluding carboxylic acids is 1. The first-order chi connectivity index (χ1) is 18.3. The first-order valence-corrected chi connectivity index (χ1v) is 11.8. The molecule has 0 aliphatic carbocycles. The Kier molecular flexibility index (Phi) is 6.51. The molecule has 4 aromatic rings. The Bertz CT molecular complexity index is 1500. The molecule has 10 nitrogen and oxygen atoms in total. The zero-order valence-corrected chi connectivity index (χ0v) is 20.7. The number of rotatable bonds is 7. The first kappa shape index (κ1) is 25.2. The maximum absolute atomic E-state index is 13.5. The van der Waals surface area contributed by atoms with Gasteiger partial charge in [-0.1, -0.05) is 6.92 Å². The van der Waals surface area contributed by atoms with E-state index in [4.69, 9.17) is 14.5 Å². The van der Waals surface area contributed by atoms with Crippen molar-refractivity contribution in [2.24, 2.45) is 0 Å². The highest BCUT2D eigenvalue weighted by Gasteiger charge is 2.48. The summed E-state index contributed by atoms with van der Waals surface area (Å²) in [5.41, 5.74) is 0.769. The van der Waals surface area contributed by atoms with E-state index >= 15 is 0 Å². The predicted octanol–water partition coefficient (Wildman–Crippen LogP) is 4.24. The van der Waals surface area contributed by atoms with Gasteiger partial charge >= 0.3 is 5.97 Å². The summed E-state index contributed by atoms with van der Waals surface area (Å²) < 4.78 is 49.4. The zero-order chi connectivity index (χ0) is 27.0. The third kappa shape index (κ3) is 4.23. The number of fused-ring (bicyclic) bond motifs is 1. The number of carbonyl (C=O) groups is 1. The number of hydrogen-bond donors (Lipinski definition) is 0. The van der Waals surface area contributed by atoms with Gasteiger partial charge in [0.15, 0.2) is 34.8 Å². The van der Waals surface area contributed by atoms with E-state index < -0.39 is 34.6 Å². The number of pyridine rings is 1. The summed E-state index contributed by atoms with van der Waals surface area (Å²) in [6.07, 6.45) is 4.76. The number of ether oxygens (including phenoxy) is 1. The highest BCUT2D eigenvalue weighted by Crippen LogP contribution is 2.39. The minimum atomic E-state index is -1.65. The van der Waals surface area contributed by atoms with Crippen molar-refractivity contribution in [3.05, 3.63) is 65.8 Å². The molecule has 1 aromatic carbocycles. The Morgan fingerprint density at radius 1 is 1.16 bits per heavy atom. The van der Waals surface area contributed by atoms with Crippen LogP contribution in [0.1, 0.15) is 37.7 Å². The summed E-state index contributed by atoms with van der Waals surface area (Å²) >= 11 is 0. The van der Waals surface area contributed by atoms with Gasteiger partial charge in [-0.2, -0.15) is 0 Å². The monoisotopic (exact) mass is 528 g/mol. The van der Waals surface area contributed by atoms with Crippen LogP contribution in [0.25, 0.3) is 17.2 Å². The van der Waals surface area contributed by atoms with Crippen LogP contribution in [-0.4, -0.2) is 42.4 Å². The molecule has 13 heteroatoms. The van der Waals surface area contributed by atoms with Crippen LogP contribution in [0.15, 0.2) is 36.8 Å². The lowest BCUT2D eigenvalue weighted by Crippen LogP contribution is -2.43. The summed E-state index contributed by atoms with van der Waals surface area (Å²) in [5.74, 6) is -4.78. The van der Waals surface area contributed by atoms with Gasteiger partial charge in [0.2, 0.25) is 5.88 Å². The molecule has 38 heavy (non-hydrogen) atoms. The van der Waals surface area contributed by atoms with Crippen LogP contribution in [0.4, 0.5) is 13.2 Å². The lowest BCUT2D eigenvalue weighted by molar-refractivity contribution is -0.222. The fraction of sp³-hybridized carbons (Fsp3) is 0.320. The maximum atomic E-state index is 13.5. The predicted molar refractivity (Wildman–Crippen MR) is 126 cm³/mol.